The fourth-order valence-corrected chi connectivity index (χ4v) is 3.53. The van der Waals surface area contributed by atoms with Gasteiger partial charge in [-0.1, -0.05) is 29.8 Å². The Morgan fingerprint density at radius 2 is 1.87 bits per heavy atom. The van der Waals surface area contributed by atoms with Crippen molar-refractivity contribution in [2.75, 3.05) is 5.73 Å². The van der Waals surface area contributed by atoms with Crippen molar-refractivity contribution in [1.82, 2.24) is 15.3 Å². The summed E-state index contributed by atoms with van der Waals surface area (Å²) < 4.78 is 19.8. The summed E-state index contributed by atoms with van der Waals surface area (Å²) in [6.07, 6.45) is 7.12. The summed E-state index contributed by atoms with van der Waals surface area (Å²) in [5, 5.41) is 3.60. The number of nitrogens with zero attached hydrogens (tertiary/aromatic N) is 2. The van der Waals surface area contributed by atoms with E-state index in [1.54, 1.807) is 18.5 Å². The lowest BCUT2D eigenvalue weighted by atomic mass is 10.0. The molecule has 2 atom stereocenters. The number of aromatic nitrogens is 2. The van der Waals surface area contributed by atoms with Gasteiger partial charge in [0.25, 0.3) is 0 Å². The number of anilines is 1. The van der Waals surface area contributed by atoms with E-state index in [4.69, 9.17) is 22.1 Å². The number of benzene rings is 2. The first kappa shape index (κ1) is 20.9. The molecule has 7 heteroatoms. The summed E-state index contributed by atoms with van der Waals surface area (Å²) in [4.78, 5) is 8.13. The van der Waals surface area contributed by atoms with E-state index in [0.717, 1.165) is 22.4 Å². The van der Waals surface area contributed by atoms with E-state index in [1.165, 1.54) is 12.1 Å². The van der Waals surface area contributed by atoms with Gasteiger partial charge in [-0.15, -0.1) is 0 Å². The first-order chi connectivity index (χ1) is 14.9. The maximum atomic E-state index is 13.9. The summed E-state index contributed by atoms with van der Waals surface area (Å²) in [5.41, 5.74) is 10.1. The molecule has 0 saturated carbocycles. The van der Waals surface area contributed by atoms with Crippen LogP contribution in [0, 0.1) is 5.82 Å². The largest absolute Gasteiger partial charge is 0.486 e. The number of allylic oxidation sites excluding steroid dienone is 1. The number of nitrogens with one attached hydrogen (secondary N) is 1. The third-order valence-electron chi connectivity index (χ3n) is 4.99. The van der Waals surface area contributed by atoms with Gasteiger partial charge >= 0.3 is 0 Å². The minimum absolute atomic E-state index is 0.0191. The van der Waals surface area contributed by atoms with E-state index in [-0.39, 0.29) is 23.1 Å². The van der Waals surface area contributed by atoms with Gasteiger partial charge in [0.1, 0.15) is 17.7 Å². The van der Waals surface area contributed by atoms with Crippen molar-refractivity contribution in [3.05, 3.63) is 94.7 Å². The van der Waals surface area contributed by atoms with Crippen LogP contribution in [0.1, 0.15) is 31.0 Å². The average Bonchev–Trinajstić information content (AvgIpc) is 2.76. The summed E-state index contributed by atoms with van der Waals surface area (Å²) in [5.74, 6) is 0.365. The van der Waals surface area contributed by atoms with Gasteiger partial charge in [-0.2, -0.15) is 0 Å². The second-order valence-corrected chi connectivity index (χ2v) is 7.81. The summed E-state index contributed by atoms with van der Waals surface area (Å²) in [6, 6.07) is 12.8. The Hall–Kier alpha value is -3.38. The number of ether oxygens (including phenoxy) is 1. The second-order valence-electron chi connectivity index (χ2n) is 7.40. The normalized spacial score (nSPS) is 16.7. The molecule has 0 bridgehead atoms. The number of nitrogens with two attached hydrogens (primary N) is 1. The first-order valence-electron chi connectivity index (χ1n) is 9.89. The number of halogens is 2. The third-order valence-corrected chi connectivity index (χ3v) is 5.30. The maximum Gasteiger partial charge on any atom is 0.219 e. The lowest BCUT2D eigenvalue weighted by Crippen LogP contribution is -2.22. The summed E-state index contributed by atoms with van der Waals surface area (Å²) in [6.45, 7) is 4.02. The van der Waals surface area contributed by atoms with Crippen LogP contribution in [0.15, 0.2) is 72.7 Å². The molecule has 5 nitrogen and oxygen atoms in total. The van der Waals surface area contributed by atoms with E-state index in [9.17, 15) is 4.39 Å². The number of hydrogen-bond acceptors (Lipinski definition) is 5. The van der Waals surface area contributed by atoms with Crippen molar-refractivity contribution in [3.63, 3.8) is 0 Å². The van der Waals surface area contributed by atoms with Crippen molar-refractivity contribution in [2.45, 2.75) is 26.0 Å². The third kappa shape index (κ3) is 4.86. The molecule has 0 fully saturated rings. The lowest BCUT2D eigenvalue weighted by Gasteiger charge is -2.24. The van der Waals surface area contributed by atoms with Crippen molar-refractivity contribution in [3.8, 4) is 11.1 Å². The Kier molecular flexibility index (Phi) is 5.91. The molecule has 1 aliphatic heterocycles. The SMILES string of the molecule is CC1C=C(N[C@@H](C)c2cccc(-c3cnc(N)nc3)c2)C=C(c2ccc(Cl)c(F)c2)O1. The zero-order chi connectivity index (χ0) is 22.0. The molecule has 0 radical (unpaired) electrons. The molecule has 158 valence electrons. The van der Waals surface area contributed by atoms with Gasteiger partial charge in [-0.25, -0.2) is 14.4 Å². The molecule has 3 aromatic rings. The number of hydrogen-bond donors (Lipinski definition) is 2. The van der Waals surface area contributed by atoms with Gasteiger partial charge in [0.2, 0.25) is 5.95 Å². The summed E-state index contributed by atoms with van der Waals surface area (Å²) in [7, 11) is 0. The van der Waals surface area contributed by atoms with E-state index in [2.05, 4.69) is 34.3 Å². The second kappa shape index (κ2) is 8.78. The van der Waals surface area contributed by atoms with Crippen LogP contribution < -0.4 is 11.1 Å². The minimum atomic E-state index is -0.475. The lowest BCUT2D eigenvalue weighted by molar-refractivity contribution is 0.224. The molecule has 0 spiro atoms. The van der Waals surface area contributed by atoms with Crippen LogP contribution in [0.25, 0.3) is 16.9 Å². The minimum Gasteiger partial charge on any atom is -0.486 e. The van der Waals surface area contributed by atoms with Gasteiger partial charge in [0, 0.05) is 41.3 Å². The molecule has 0 saturated heterocycles. The Labute approximate surface area is 185 Å². The standard InChI is InChI=1S/C24H22ClFN4O/c1-14-8-20(11-23(31-14)18-6-7-21(25)22(26)10-18)30-15(2)16-4-3-5-17(9-16)19-12-28-24(27)29-13-19/h3-15,30H,1-2H3,(H2,27,28,29)/t14?,15-/m0/s1. The fourth-order valence-electron chi connectivity index (χ4n) is 3.41. The molecule has 4 rings (SSSR count). The van der Waals surface area contributed by atoms with Crippen LogP contribution in [0.2, 0.25) is 5.02 Å². The molecular weight excluding hydrogens is 415 g/mol. The molecule has 1 aliphatic rings. The highest BCUT2D eigenvalue weighted by atomic mass is 35.5. The first-order valence-corrected chi connectivity index (χ1v) is 10.3. The highest BCUT2D eigenvalue weighted by molar-refractivity contribution is 6.30. The maximum absolute atomic E-state index is 13.9. The van der Waals surface area contributed by atoms with Crippen molar-refractivity contribution < 1.29 is 9.13 Å². The fraction of sp³-hybridized carbons (Fsp3) is 0.167. The Bertz CT molecular complexity index is 1160. The van der Waals surface area contributed by atoms with Crippen molar-refractivity contribution in [2.24, 2.45) is 0 Å². The topological polar surface area (TPSA) is 73.1 Å². The number of rotatable bonds is 5. The van der Waals surface area contributed by atoms with Crippen LogP contribution in [0.4, 0.5) is 10.3 Å². The molecule has 0 amide bonds. The van der Waals surface area contributed by atoms with Crippen LogP contribution >= 0.6 is 11.6 Å². The monoisotopic (exact) mass is 436 g/mol. The number of nitrogen functional groups attached to an aromatic ring is 1. The molecule has 2 heterocycles. The molecule has 31 heavy (non-hydrogen) atoms. The highest BCUT2D eigenvalue weighted by Gasteiger charge is 2.17. The predicted molar refractivity (Wildman–Crippen MR) is 121 cm³/mol. The van der Waals surface area contributed by atoms with Gasteiger partial charge < -0.3 is 15.8 Å². The van der Waals surface area contributed by atoms with Gasteiger partial charge in [0.15, 0.2) is 0 Å². The van der Waals surface area contributed by atoms with Gasteiger partial charge in [-0.3, -0.25) is 0 Å². The van der Waals surface area contributed by atoms with Gasteiger partial charge in [-0.05, 0) is 55.3 Å². The Morgan fingerprint density at radius 3 is 2.61 bits per heavy atom. The van der Waals surface area contributed by atoms with Crippen LogP contribution in [0.3, 0.4) is 0 Å². The van der Waals surface area contributed by atoms with Gasteiger partial charge in [0.05, 0.1) is 5.02 Å². The smallest absolute Gasteiger partial charge is 0.219 e. The molecule has 1 aromatic heterocycles. The quantitative estimate of drug-likeness (QED) is 0.551. The van der Waals surface area contributed by atoms with E-state index < -0.39 is 5.82 Å². The van der Waals surface area contributed by atoms with Crippen LogP contribution in [0.5, 0.6) is 0 Å². The molecule has 1 unspecified atom stereocenters. The van der Waals surface area contributed by atoms with Crippen LogP contribution in [-0.2, 0) is 4.74 Å². The highest BCUT2D eigenvalue weighted by Crippen LogP contribution is 2.28. The zero-order valence-electron chi connectivity index (χ0n) is 17.1. The molecule has 0 aliphatic carbocycles. The molecular formula is C24H22ClFN4O. The Morgan fingerprint density at radius 1 is 1.10 bits per heavy atom. The van der Waals surface area contributed by atoms with Crippen molar-refractivity contribution >= 4 is 23.3 Å². The van der Waals surface area contributed by atoms with E-state index in [1.807, 2.05) is 31.2 Å². The van der Waals surface area contributed by atoms with E-state index >= 15 is 0 Å². The van der Waals surface area contributed by atoms with Crippen molar-refractivity contribution in [1.29, 1.82) is 0 Å². The zero-order valence-corrected chi connectivity index (χ0v) is 17.9. The Balaban J connectivity index is 1.55. The van der Waals surface area contributed by atoms with Crippen LogP contribution in [-0.4, -0.2) is 16.1 Å². The predicted octanol–water partition coefficient (Wildman–Crippen LogP) is 5.51. The molecule has 2 aromatic carbocycles. The average molecular weight is 437 g/mol. The van der Waals surface area contributed by atoms with E-state index in [0.29, 0.717) is 11.3 Å². The summed E-state index contributed by atoms with van der Waals surface area (Å²) >= 11 is 5.81. The molecule has 3 N–H and O–H groups in total.